The van der Waals surface area contributed by atoms with Gasteiger partial charge in [-0.2, -0.15) is 0 Å². The summed E-state index contributed by atoms with van der Waals surface area (Å²) in [5.74, 6) is -0.910. The zero-order valence-corrected chi connectivity index (χ0v) is 16.9. The number of nitrogens with one attached hydrogen (secondary N) is 1. The molecule has 140 valence electrons. The fraction of sp³-hybridized carbons (Fsp3) is 0.211. The van der Waals surface area contributed by atoms with Gasteiger partial charge in [0.25, 0.3) is 11.8 Å². The number of benzene rings is 2. The summed E-state index contributed by atoms with van der Waals surface area (Å²) >= 11 is 9.66. The first-order valence-corrected chi connectivity index (χ1v) is 9.51. The van der Waals surface area contributed by atoms with Crippen LogP contribution in [0, 0.1) is 0 Å². The van der Waals surface area contributed by atoms with Gasteiger partial charge in [-0.05, 0) is 42.8 Å². The van der Waals surface area contributed by atoms with Gasteiger partial charge >= 0.3 is 0 Å². The van der Waals surface area contributed by atoms with E-state index in [2.05, 4.69) is 21.2 Å². The molecule has 27 heavy (non-hydrogen) atoms. The van der Waals surface area contributed by atoms with Gasteiger partial charge < -0.3 is 5.32 Å². The number of carbonyl (C=O) groups is 3. The zero-order chi connectivity index (χ0) is 19.6. The summed E-state index contributed by atoms with van der Waals surface area (Å²) in [4.78, 5) is 37.2. The van der Waals surface area contributed by atoms with Crippen molar-refractivity contribution in [1.82, 2.24) is 10.0 Å². The molecule has 0 radical (unpaired) electrons. The number of amides is 3. The number of hydrogen-bond acceptors (Lipinski definition) is 3. The average molecular weight is 451 g/mol. The Morgan fingerprint density at radius 1 is 1.00 bits per heavy atom. The molecule has 0 saturated carbocycles. The van der Waals surface area contributed by atoms with E-state index in [0.29, 0.717) is 30.8 Å². The van der Waals surface area contributed by atoms with Gasteiger partial charge in [-0.25, -0.2) is 10.0 Å². The predicted octanol–water partition coefficient (Wildman–Crippen LogP) is 3.96. The number of rotatable bonds is 3. The molecule has 1 aliphatic heterocycles. The highest BCUT2D eigenvalue weighted by Crippen LogP contribution is 2.29. The van der Waals surface area contributed by atoms with Crippen LogP contribution >= 0.6 is 27.5 Å². The van der Waals surface area contributed by atoms with Crippen molar-refractivity contribution >= 4 is 50.9 Å². The lowest BCUT2D eigenvalue weighted by Crippen LogP contribution is -2.45. The van der Waals surface area contributed by atoms with Crippen LogP contribution in [0.15, 0.2) is 46.9 Å². The Kier molecular flexibility index (Phi) is 5.82. The van der Waals surface area contributed by atoms with Crippen molar-refractivity contribution in [2.24, 2.45) is 0 Å². The first-order valence-electron chi connectivity index (χ1n) is 8.34. The van der Waals surface area contributed by atoms with Gasteiger partial charge in [-0.3, -0.25) is 14.4 Å². The Morgan fingerprint density at radius 2 is 1.63 bits per heavy atom. The summed E-state index contributed by atoms with van der Waals surface area (Å²) in [5, 5.41) is 5.59. The second kappa shape index (κ2) is 8.10. The van der Waals surface area contributed by atoms with Gasteiger partial charge in [0.1, 0.15) is 0 Å². The topological polar surface area (TPSA) is 69.7 Å². The average Bonchev–Trinajstić information content (AvgIpc) is 3.12. The van der Waals surface area contributed by atoms with Crippen molar-refractivity contribution in [2.45, 2.75) is 13.3 Å². The van der Waals surface area contributed by atoms with Crippen molar-refractivity contribution in [3.63, 3.8) is 0 Å². The maximum atomic E-state index is 13.0. The maximum absolute atomic E-state index is 13.0. The normalized spacial score (nSPS) is 13.6. The Balaban J connectivity index is 1.87. The number of nitrogens with zero attached hydrogens (tertiary/aromatic N) is 2. The van der Waals surface area contributed by atoms with E-state index < -0.39 is 0 Å². The molecule has 1 heterocycles. The molecule has 0 atom stereocenters. The summed E-state index contributed by atoms with van der Waals surface area (Å²) in [6, 6.07) is 11.8. The van der Waals surface area contributed by atoms with Crippen LogP contribution in [0.4, 0.5) is 5.69 Å². The minimum absolute atomic E-state index is 0.153. The van der Waals surface area contributed by atoms with Crippen LogP contribution in [0.3, 0.4) is 0 Å². The lowest BCUT2D eigenvalue weighted by atomic mass is 10.1. The molecule has 0 spiro atoms. The van der Waals surface area contributed by atoms with Gasteiger partial charge in [0.05, 0.1) is 16.3 Å². The molecule has 6 nitrogen and oxygen atoms in total. The Morgan fingerprint density at radius 3 is 2.26 bits per heavy atom. The van der Waals surface area contributed by atoms with E-state index in [4.69, 9.17) is 11.6 Å². The fourth-order valence-corrected chi connectivity index (χ4v) is 3.42. The van der Waals surface area contributed by atoms with Crippen LogP contribution in [0.5, 0.6) is 0 Å². The molecule has 1 fully saturated rings. The zero-order valence-electron chi connectivity index (χ0n) is 14.5. The number of hydrogen-bond donors (Lipinski definition) is 1. The Hall–Kier alpha value is -2.38. The Bertz CT molecular complexity index is 902. The molecule has 0 bridgehead atoms. The summed E-state index contributed by atoms with van der Waals surface area (Å²) < 4.78 is 0.870. The maximum Gasteiger partial charge on any atom is 0.274 e. The SMILES string of the molecule is CC(=O)Nc1cccc(C(=O)N2CCCN2C(=O)c2ccc(Br)cc2)c1Cl. The van der Waals surface area contributed by atoms with Crippen LogP contribution in [-0.4, -0.2) is 40.8 Å². The fourth-order valence-electron chi connectivity index (χ4n) is 2.90. The molecule has 2 aromatic rings. The quantitative estimate of drug-likeness (QED) is 0.769. The molecule has 2 aromatic carbocycles. The molecule has 0 aliphatic carbocycles. The van der Waals surface area contributed by atoms with Crippen molar-refractivity contribution < 1.29 is 14.4 Å². The van der Waals surface area contributed by atoms with Crippen LogP contribution in [-0.2, 0) is 4.79 Å². The van der Waals surface area contributed by atoms with E-state index in [0.717, 1.165) is 4.47 Å². The lowest BCUT2D eigenvalue weighted by Gasteiger charge is -2.28. The minimum Gasteiger partial charge on any atom is -0.325 e. The van der Waals surface area contributed by atoms with Gasteiger partial charge in [0.15, 0.2) is 0 Å². The van der Waals surface area contributed by atoms with E-state index in [-0.39, 0.29) is 28.3 Å². The van der Waals surface area contributed by atoms with E-state index >= 15 is 0 Å². The third kappa shape index (κ3) is 4.14. The van der Waals surface area contributed by atoms with E-state index in [1.54, 1.807) is 42.5 Å². The molecule has 1 N–H and O–H groups in total. The Labute approximate surface area is 170 Å². The smallest absolute Gasteiger partial charge is 0.274 e. The first kappa shape index (κ1) is 19.4. The molecule has 3 amide bonds. The third-order valence-corrected chi connectivity index (χ3v) is 5.07. The van der Waals surface area contributed by atoms with Crippen molar-refractivity contribution in [2.75, 3.05) is 18.4 Å². The molecule has 0 unspecified atom stereocenters. The summed E-state index contributed by atoms with van der Waals surface area (Å²) in [7, 11) is 0. The predicted molar refractivity (Wildman–Crippen MR) is 107 cm³/mol. The molecule has 1 aliphatic rings. The lowest BCUT2D eigenvalue weighted by molar-refractivity contribution is -0.114. The van der Waals surface area contributed by atoms with Gasteiger partial charge in [-0.15, -0.1) is 0 Å². The van der Waals surface area contributed by atoms with Crippen molar-refractivity contribution in [1.29, 1.82) is 0 Å². The van der Waals surface area contributed by atoms with E-state index in [9.17, 15) is 14.4 Å². The highest BCUT2D eigenvalue weighted by molar-refractivity contribution is 9.10. The highest BCUT2D eigenvalue weighted by Gasteiger charge is 2.33. The number of anilines is 1. The van der Waals surface area contributed by atoms with Crippen LogP contribution in [0.1, 0.15) is 34.1 Å². The van der Waals surface area contributed by atoms with Crippen LogP contribution in [0.25, 0.3) is 0 Å². The first-order chi connectivity index (χ1) is 12.9. The third-order valence-electron chi connectivity index (χ3n) is 4.13. The molecular weight excluding hydrogens is 434 g/mol. The van der Waals surface area contributed by atoms with Gasteiger partial charge in [0, 0.05) is 30.0 Å². The van der Waals surface area contributed by atoms with E-state index in [1.807, 2.05) is 0 Å². The molecule has 1 saturated heterocycles. The summed E-state index contributed by atoms with van der Waals surface area (Å²) in [5.41, 5.74) is 1.09. The standard InChI is InChI=1S/C19H17BrClN3O3/c1-12(25)22-16-5-2-4-15(17(16)21)19(27)24-11-3-10-23(24)18(26)13-6-8-14(20)9-7-13/h2,4-9H,3,10-11H2,1H3,(H,22,25). The molecular formula is C19H17BrClN3O3. The van der Waals surface area contributed by atoms with Crippen molar-refractivity contribution in [3.05, 3.63) is 63.1 Å². The summed E-state index contributed by atoms with van der Waals surface area (Å²) in [6.45, 7) is 2.23. The van der Waals surface area contributed by atoms with Crippen molar-refractivity contribution in [3.8, 4) is 0 Å². The molecule has 3 rings (SSSR count). The van der Waals surface area contributed by atoms with Gasteiger partial charge in [-0.1, -0.05) is 33.6 Å². The number of carbonyl (C=O) groups excluding carboxylic acids is 3. The van der Waals surface area contributed by atoms with Gasteiger partial charge in [0.2, 0.25) is 5.91 Å². The number of hydrazine groups is 1. The monoisotopic (exact) mass is 449 g/mol. The molecule has 8 heteroatoms. The summed E-state index contributed by atoms with van der Waals surface area (Å²) in [6.07, 6.45) is 0.678. The van der Waals surface area contributed by atoms with E-state index in [1.165, 1.54) is 16.9 Å². The largest absolute Gasteiger partial charge is 0.325 e. The minimum atomic E-state index is -0.379. The second-order valence-electron chi connectivity index (χ2n) is 6.07. The van der Waals surface area contributed by atoms with Crippen LogP contribution in [0.2, 0.25) is 5.02 Å². The highest BCUT2D eigenvalue weighted by atomic mass is 79.9. The van der Waals surface area contributed by atoms with Crippen LogP contribution < -0.4 is 5.32 Å². The second-order valence-corrected chi connectivity index (χ2v) is 7.36. The number of halogens is 2. The molecule has 0 aromatic heterocycles.